The SMILES string of the molecule is CCCCN(CCN1CCC(CNC2CC2)C1)C(=O)OC(C)(C)C. The highest BCUT2D eigenvalue weighted by Gasteiger charge is 2.27. The van der Waals surface area contributed by atoms with Crippen molar-refractivity contribution in [1.82, 2.24) is 15.1 Å². The van der Waals surface area contributed by atoms with Crippen molar-refractivity contribution in [1.29, 1.82) is 0 Å². The maximum atomic E-state index is 12.4. The molecule has 5 heteroatoms. The molecule has 2 aliphatic rings. The number of hydrogen-bond acceptors (Lipinski definition) is 4. The molecule has 1 aliphatic heterocycles. The van der Waals surface area contributed by atoms with Gasteiger partial charge in [-0.25, -0.2) is 4.79 Å². The molecular formula is C19H37N3O2. The zero-order chi connectivity index (χ0) is 17.6. The predicted octanol–water partition coefficient (Wildman–Crippen LogP) is 3.10. The van der Waals surface area contributed by atoms with Crippen LogP contribution in [-0.4, -0.2) is 66.8 Å². The summed E-state index contributed by atoms with van der Waals surface area (Å²) in [7, 11) is 0. The number of hydrogen-bond donors (Lipinski definition) is 1. The minimum absolute atomic E-state index is 0.165. The molecule has 0 spiro atoms. The van der Waals surface area contributed by atoms with Gasteiger partial charge in [0.25, 0.3) is 0 Å². The van der Waals surface area contributed by atoms with E-state index in [-0.39, 0.29) is 6.09 Å². The summed E-state index contributed by atoms with van der Waals surface area (Å²) < 4.78 is 5.56. The molecular weight excluding hydrogens is 302 g/mol. The van der Waals surface area contributed by atoms with Crippen molar-refractivity contribution in [3.63, 3.8) is 0 Å². The van der Waals surface area contributed by atoms with Gasteiger partial charge in [-0.2, -0.15) is 0 Å². The van der Waals surface area contributed by atoms with Crippen LogP contribution in [0.1, 0.15) is 59.8 Å². The number of amides is 1. The fourth-order valence-electron chi connectivity index (χ4n) is 3.14. The van der Waals surface area contributed by atoms with Crippen LogP contribution in [0.3, 0.4) is 0 Å². The number of carbonyl (C=O) groups is 1. The van der Waals surface area contributed by atoms with E-state index in [0.29, 0.717) is 0 Å². The summed E-state index contributed by atoms with van der Waals surface area (Å²) in [6.45, 7) is 14.0. The largest absolute Gasteiger partial charge is 0.444 e. The van der Waals surface area contributed by atoms with Crippen molar-refractivity contribution < 1.29 is 9.53 Å². The standard InChI is InChI=1S/C19H37N3O2/c1-5-6-10-22(18(23)24-19(2,3)4)13-12-21-11-9-16(15-21)14-20-17-7-8-17/h16-17,20H,5-15H2,1-4H3. The lowest BCUT2D eigenvalue weighted by atomic mass is 10.1. The molecule has 1 unspecified atom stereocenters. The Labute approximate surface area is 148 Å². The number of unbranched alkanes of at least 4 members (excludes halogenated alkanes) is 1. The highest BCUT2D eigenvalue weighted by molar-refractivity contribution is 5.68. The van der Waals surface area contributed by atoms with Gasteiger partial charge in [0.1, 0.15) is 5.60 Å². The Morgan fingerprint density at radius 1 is 1.25 bits per heavy atom. The van der Waals surface area contributed by atoms with E-state index in [1.165, 1.54) is 19.3 Å². The molecule has 0 radical (unpaired) electrons. The van der Waals surface area contributed by atoms with Crippen LogP contribution in [0.2, 0.25) is 0 Å². The molecule has 1 atom stereocenters. The first-order chi connectivity index (χ1) is 11.4. The van der Waals surface area contributed by atoms with Gasteiger partial charge in [-0.05, 0) is 65.5 Å². The van der Waals surface area contributed by atoms with Crippen molar-refractivity contribution >= 4 is 6.09 Å². The Hall–Kier alpha value is -0.810. The van der Waals surface area contributed by atoms with Gasteiger partial charge in [-0.1, -0.05) is 13.3 Å². The summed E-state index contributed by atoms with van der Waals surface area (Å²) >= 11 is 0. The molecule has 1 aliphatic carbocycles. The third-order valence-electron chi connectivity index (χ3n) is 4.76. The first-order valence-electron chi connectivity index (χ1n) is 9.81. The molecule has 1 saturated carbocycles. The molecule has 1 saturated heterocycles. The van der Waals surface area contributed by atoms with E-state index < -0.39 is 5.60 Å². The van der Waals surface area contributed by atoms with Gasteiger partial charge in [0, 0.05) is 32.2 Å². The number of rotatable bonds is 9. The van der Waals surface area contributed by atoms with Gasteiger partial charge in [0.15, 0.2) is 0 Å². The second-order valence-corrected chi connectivity index (χ2v) is 8.46. The Bertz CT molecular complexity index is 391. The van der Waals surface area contributed by atoms with Crippen LogP contribution in [0.25, 0.3) is 0 Å². The Kier molecular flexibility index (Phi) is 7.35. The van der Waals surface area contributed by atoms with E-state index in [1.807, 2.05) is 25.7 Å². The normalized spacial score (nSPS) is 21.9. The fourth-order valence-corrected chi connectivity index (χ4v) is 3.14. The Balaban J connectivity index is 1.71. The maximum absolute atomic E-state index is 12.4. The summed E-state index contributed by atoms with van der Waals surface area (Å²) in [4.78, 5) is 16.8. The van der Waals surface area contributed by atoms with Gasteiger partial charge in [0.2, 0.25) is 0 Å². The van der Waals surface area contributed by atoms with E-state index in [1.54, 1.807) is 0 Å². The zero-order valence-electron chi connectivity index (χ0n) is 16.1. The van der Waals surface area contributed by atoms with Crippen LogP contribution in [0.5, 0.6) is 0 Å². The molecule has 2 fully saturated rings. The Morgan fingerprint density at radius 2 is 2.00 bits per heavy atom. The first-order valence-corrected chi connectivity index (χ1v) is 9.81. The van der Waals surface area contributed by atoms with Crippen molar-refractivity contribution in [2.75, 3.05) is 39.3 Å². The van der Waals surface area contributed by atoms with E-state index in [4.69, 9.17) is 4.74 Å². The summed E-state index contributed by atoms with van der Waals surface area (Å²) in [5, 5.41) is 3.64. The smallest absolute Gasteiger partial charge is 0.410 e. The van der Waals surface area contributed by atoms with Crippen LogP contribution in [0, 0.1) is 5.92 Å². The highest BCUT2D eigenvalue weighted by Crippen LogP contribution is 2.21. The number of nitrogens with one attached hydrogen (secondary N) is 1. The van der Waals surface area contributed by atoms with Crippen LogP contribution in [0.4, 0.5) is 4.79 Å². The van der Waals surface area contributed by atoms with Crippen LogP contribution in [-0.2, 0) is 4.74 Å². The number of likely N-dealkylation sites (tertiary alicyclic amines) is 1. The molecule has 1 heterocycles. The molecule has 140 valence electrons. The lowest BCUT2D eigenvalue weighted by Gasteiger charge is -2.29. The predicted molar refractivity (Wildman–Crippen MR) is 98.3 cm³/mol. The first kappa shape index (κ1) is 19.5. The second-order valence-electron chi connectivity index (χ2n) is 8.46. The van der Waals surface area contributed by atoms with Crippen molar-refractivity contribution in [3.8, 4) is 0 Å². The molecule has 5 nitrogen and oxygen atoms in total. The number of carbonyl (C=O) groups excluding carboxylic acids is 1. The van der Waals surface area contributed by atoms with Crippen molar-refractivity contribution in [2.45, 2.75) is 71.4 Å². The quantitative estimate of drug-likeness (QED) is 0.701. The molecule has 0 aromatic rings. The lowest BCUT2D eigenvalue weighted by Crippen LogP contribution is -2.41. The maximum Gasteiger partial charge on any atom is 0.410 e. The van der Waals surface area contributed by atoms with Gasteiger partial charge in [-0.3, -0.25) is 0 Å². The molecule has 0 aromatic heterocycles. The highest BCUT2D eigenvalue weighted by atomic mass is 16.6. The van der Waals surface area contributed by atoms with E-state index >= 15 is 0 Å². The topological polar surface area (TPSA) is 44.8 Å². The third-order valence-corrected chi connectivity index (χ3v) is 4.76. The van der Waals surface area contributed by atoms with Crippen LogP contribution >= 0.6 is 0 Å². The van der Waals surface area contributed by atoms with Gasteiger partial charge in [-0.15, -0.1) is 0 Å². The summed E-state index contributed by atoms with van der Waals surface area (Å²) in [5.74, 6) is 0.774. The van der Waals surface area contributed by atoms with Crippen molar-refractivity contribution in [3.05, 3.63) is 0 Å². The Morgan fingerprint density at radius 3 is 2.62 bits per heavy atom. The second kappa shape index (κ2) is 9.04. The fraction of sp³-hybridized carbons (Fsp3) is 0.947. The summed E-state index contributed by atoms with van der Waals surface area (Å²) in [6.07, 6.45) is 5.96. The lowest BCUT2D eigenvalue weighted by molar-refractivity contribution is 0.0233. The van der Waals surface area contributed by atoms with E-state index in [0.717, 1.165) is 64.1 Å². The van der Waals surface area contributed by atoms with Gasteiger partial charge < -0.3 is 19.9 Å². The zero-order valence-corrected chi connectivity index (χ0v) is 16.1. The molecule has 2 rings (SSSR count). The van der Waals surface area contributed by atoms with Crippen molar-refractivity contribution in [2.24, 2.45) is 5.92 Å². The van der Waals surface area contributed by atoms with E-state index in [9.17, 15) is 4.79 Å². The number of nitrogens with zero attached hydrogens (tertiary/aromatic N) is 2. The minimum atomic E-state index is -0.422. The minimum Gasteiger partial charge on any atom is -0.444 e. The van der Waals surface area contributed by atoms with Gasteiger partial charge >= 0.3 is 6.09 Å². The van der Waals surface area contributed by atoms with E-state index in [2.05, 4.69) is 17.1 Å². The molecule has 1 N–H and O–H groups in total. The monoisotopic (exact) mass is 339 g/mol. The van der Waals surface area contributed by atoms with Crippen LogP contribution < -0.4 is 5.32 Å². The molecule has 1 amide bonds. The average molecular weight is 340 g/mol. The van der Waals surface area contributed by atoms with Crippen LogP contribution in [0.15, 0.2) is 0 Å². The number of ether oxygens (including phenoxy) is 1. The van der Waals surface area contributed by atoms with Gasteiger partial charge in [0.05, 0.1) is 0 Å². The summed E-state index contributed by atoms with van der Waals surface area (Å²) in [6, 6.07) is 0.802. The molecule has 0 aromatic carbocycles. The summed E-state index contributed by atoms with van der Waals surface area (Å²) in [5.41, 5.74) is -0.422. The average Bonchev–Trinajstić information content (AvgIpc) is 3.22. The third kappa shape index (κ3) is 7.39. The molecule has 0 bridgehead atoms. The molecule has 24 heavy (non-hydrogen) atoms.